The molecule has 0 aromatic carbocycles. The topological polar surface area (TPSA) is 87.1 Å². The van der Waals surface area contributed by atoms with E-state index >= 15 is 0 Å². The molecule has 0 spiro atoms. The highest BCUT2D eigenvalue weighted by molar-refractivity contribution is 7.15. The van der Waals surface area contributed by atoms with E-state index < -0.39 is 0 Å². The standard InChI is InChI=1S/C13H18N4O2S/c1-3-18-10(8-4-5-8)12-16-13(19-17-12)11-7(2)15-9(6-14)20-11/h8,10H,3-6,14H2,1-2H3. The van der Waals surface area contributed by atoms with Gasteiger partial charge in [-0.25, -0.2) is 4.98 Å². The summed E-state index contributed by atoms with van der Waals surface area (Å²) in [5, 5.41) is 4.96. The molecule has 108 valence electrons. The summed E-state index contributed by atoms with van der Waals surface area (Å²) in [4.78, 5) is 9.77. The Hall–Kier alpha value is -1.31. The molecule has 0 radical (unpaired) electrons. The van der Waals surface area contributed by atoms with Gasteiger partial charge in [0.05, 0.1) is 5.69 Å². The zero-order chi connectivity index (χ0) is 14.1. The third-order valence-corrected chi connectivity index (χ3v) is 4.47. The number of rotatable bonds is 6. The molecular formula is C13H18N4O2S. The molecule has 7 heteroatoms. The molecule has 6 nitrogen and oxygen atoms in total. The van der Waals surface area contributed by atoms with Crippen LogP contribution in [-0.4, -0.2) is 21.7 Å². The summed E-state index contributed by atoms with van der Waals surface area (Å²) in [5.41, 5.74) is 6.49. The van der Waals surface area contributed by atoms with E-state index in [1.807, 2.05) is 13.8 Å². The summed E-state index contributed by atoms with van der Waals surface area (Å²) in [6.07, 6.45) is 2.30. The van der Waals surface area contributed by atoms with E-state index in [2.05, 4.69) is 15.1 Å². The van der Waals surface area contributed by atoms with Crippen LogP contribution in [0.1, 0.15) is 42.4 Å². The lowest BCUT2D eigenvalue weighted by atomic mass is 10.2. The SMILES string of the molecule is CCOC(c1noc(-c2sc(CN)nc2C)n1)C1CC1. The van der Waals surface area contributed by atoms with E-state index in [1.54, 1.807) is 0 Å². The Morgan fingerprint density at radius 2 is 2.25 bits per heavy atom. The van der Waals surface area contributed by atoms with Gasteiger partial charge in [-0.15, -0.1) is 11.3 Å². The van der Waals surface area contributed by atoms with Crippen molar-refractivity contribution in [3.05, 3.63) is 16.5 Å². The van der Waals surface area contributed by atoms with Crippen LogP contribution in [0.5, 0.6) is 0 Å². The van der Waals surface area contributed by atoms with Crippen molar-refractivity contribution in [2.24, 2.45) is 11.7 Å². The van der Waals surface area contributed by atoms with Gasteiger partial charge in [0, 0.05) is 13.2 Å². The maximum Gasteiger partial charge on any atom is 0.270 e. The number of aryl methyl sites for hydroxylation is 1. The molecule has 3 rings (SSSR count). The Balaban J connectivity index is 1.86. The van der Waals surface area contributed by atoms with E-state index in [4.69, 9.17) is 15.0 Å². The monoisotopic (exact) mass is 294 g/mol. The van der Waals surface area contributed by atoms with E-state index in [0.717, 1.165) is 15.6 Å². The van der Waals surface area contributed by atoms with Crippen LogP contribution in [-0.2, 0) is 11.3 Å². The molecule has 1 saturated carbocycles. The number of aromatic nitrogens is 3. The Labute approximate surface area is 121 Å². The van der Waals surface area contributed by atoms with Crippen LogP contribution in [0, 0.1) is 12.8 Å². The minimum absolute atomic E-state index is 0.0419. The molecule has 0 amide bonds. The number of thiazole rings is 1. The number of nitrogens with zero attached hydrogens (tertiary/aromatic N) is 3. The van der Waals surface area contributed by atoms with Crippen LogP contribution < -0.4 is 5.73 Å². The first kappa shape index (κ1) is 13.7. The fourth-order valence-corrected chi connectivity index (χ4v) is 3.05. The number of nitrogens with two attached hydrogens (primary N) is 1. The van der Waals surface area contributed by atoms with Crippen LogP contribution in [0.4, 0.5) is 0 Å². The van der Waals surface area contributed by atoms with Crippen molar-refractivity contribution in [2.45, 2.75) is 39.3 Å². The average molecular weight is 294 g/mol. The van der Waals surface area contributed by atoms with Crippen LogP contribution >= 0.6 is 11.3 Å². The lowest BCUT2D eigenvalue weighted by molar-refractivity contribution is 0.0385. The lowest BCUT2D eigenvalue weighted by Crippen LogP contribution is -2.08. The number of hydrogen-bond donors (Lipinski definition) is 1. The van der Waals surface area contributed by atoms with Crippen molar-refractivity contribution < 1.29 is 9.26 Å². The molecular weight excluding hydrogens is 276 g/mol. The van der Waals surface area contributed by atoms with Crippen molar-refractivity contribution in [3.8, 4) is 10.8 Å². The first-order chi connectivity index (χ1) is 9.72. The van der Waals surface area contributed by atoms with E-state index in [9.17, 15) is 0 Å². The molecule has 20 heavy (non-hydrogen) atoms. The summed E-state index contributed by atoms with van der Waals surface area (Å²) in [6, 6.07) is 0. The molecule has 1 atom stereocenters. The minimum Gasteiger partial charge on any atom is -0.370 e. The fraction of sp³-hybridized carbons (Fsp3) is 0.615. The highest BCUT2D eigenvalue weighted by atomic mass is 32.1. The Kier molecular flexibility index (Phi) is 3.82. The van der Waals surface area contributed by atoms with Gasteiger partial charge in [0.15, 0.2) is 0 Å². The zero-order valence-electron chi connectivity index (χ0n) is 11.6. The van der Waals surface area contributed by atoms with Crippen LogP contribution in [0.3, 0.4) is 0 Å². The Morgan fingerprint density at radius 1 is 1.45 bits per heavy atom. The Morgan fingerprint density at radius 3 is 2.85 bits per heavy atom. The molecule has 0 bridgehead atoms. The highest BCUT2D eigenvalue weighted by Gasteiger charge is 2.36. The molecule has 2 heterocycles. The van der Waals surface area contributed by atoms with Crippen molar-refractivity contribution in [1.29, 1.82) is 0 Å². The van der Waals surface area contributed by atoms with Gasteiger partial charge in [-0.1, -0.05) is 5.16 Å². The molecule has 2 aromatic rings. The first-order valence-electron chi connectivity index (χ1n) is 6.84. The van der Waals surface area contributed by atoms with Gasteiger partial charge >= 0.3 is 0 Å². The maximum absolute atomic E-state index is 5.74. The molecule has 0 saturated heterocycles. The van der Waals surface area contributed by atoms with Crippen LogP contribution in [0.2, 0.25) is 0 Å². The number of ether oxygens (including phenoxy) is 1. The minimum atomic E-state index is -0.0419. The smallest absolute Gasteiger partial charge is 0.270 e. The van der Waals surface area contributed by atoms with Crippen molar-refractivity contribution in [3.63, 3.8) is 0 Å². The van der Waals surface area contributed by atoms with Gasteiger partial charge in [-0.05, 0) is 32.6 Å². The van der Waals surface area contributed by atoms with Gasteiger partial charge in [-0.3, -0.25) is 0 Å². The van der Waals surface area contributed by atoms with Crippen LogP contribution in [0.15, 0.2) is 4.52 Å². The van der Waals surface area contributed by atoms with Crippen LogP contribution in [0.25, 0.3) is 10.8 Å². The second-order valence-corrected chi connectivity index (χ2v) is 5.98. The average Bonchev–Trinajstić information content (AvgIpc) is 3.04. The Bertz CT molecular complexity index is 591. The van der Waals surface area contributed by atoms with E-state index in [0.29, 0.717) is 30.8 Å². The third kappa shape index (κ3) is 2.61. The molecule has 1 fully saturated rings. The highest BCUT2D eigenvalue weighted by Crippen LogP contribution is 2.43. The molecule has 1 aliphatic rings. The van der Waals surface area contributed by atoms with E-state index in [-0.39, 0.29) is 6.10 Å². The normalized spacial score (nSPS) is 16.6. The fourth-order valence-electron chi connectivity index (χ4n) is 2.18. The molecule has 2 N–H and O–H groups in total. The predicted octanol–water partition coefficient (Wildman–Crippen LogP) is 2.45. The second kappa shape index (κ2) is 5.59. The summed E-state index contributed by atoms with van der Waals surface area (Å²) in [5.74, 6) is 1.69. The first-order valence-corrected chi connectivity index (χ1v) is 7.66. The zero-order valence-corrected chi connectivity index (χ0v) is 12.4. The number of hydrogen-bond acceptors (Lipinski definition) is 7. The summed E-state index contributed by atoms with van der Waals surface area (Å²) >= 11 is 1.50. The summed E-state index contributed by atoms with van der Waals surface area (Å²) < 4.78 is 11.1. The van der Waals surface area contributed by atoms with Crippen molar-refractivity contribution in [1.82, 2.24) is 15.1 Å². The van der Waals surface area contributed by atoms with Gasteiger partial charge < -0.3 is 15.0 Å². The van der Waals surface area contributed by atoms with Gasteiger partial charge in [0.1, 0.15) is 16.0 Å². The largest absolute Gasteiger partial charge is 0.370 e. The van der Waals surface area contributed by atoms with Crippen molar-refractivity contribution >= 4 is 11.3 Å². The van der Waals surface area contributed by atoms with E-state index in [1.165, 1.54) is 24.2 Å². The third-order valence-electron chi connectivity index (χ3n) is 3.30. The maximum atomic E-state index is 5.74. The van der Waals surface area contributed by atoms with Gasteiger partial charge in [0.25, 0.3) is 5.89 Å². The molecule has 0 aliphatic heterocycles. The lowest BCUT2D eigenvalue weighted by Gasteiger charge is -2.10. The molecule has 1 aliphatic carbocycles. The van der Waals surface area contributed by atoms with Gasteiger partial charge in [-0.2, -0.15) is 4.98 Å². The van der Waals surface area contributed by atoms with Crippen molar-refractivity contribution in [2.75, 3.05) is 6.61 Å². The quantitative estimate of drug-likeness (QED) is 0.880. The van der Waals surface area contributed by atoms with Gasteiger partial charge in [0.2, 0.25) is 5.82 Å². The molecule has 2 aromatic heterocycles. The predicted molar refractivity (Wildman–Crippen MR) is 75.1 cm³/mol. The summed E-state index contributed by atoms with van der Waals surface area (Å²) in [6.45, 7) is 4.99. The summed E-state index contributed by atoms with van der Waals surface area (Å²) in [7, 11) is 0. The molecule has 1 unspecified atom stereocenters. The second-order valence-electron chi connectivity index (χ2n) is 4.90.